The van der Waals surface area contributed by atoms with Gasteiger partial charge in [-0.25, -0.2) is 0 Å². The zero-order valence-corrected chi connectivity index (χ0v) is 48.5. The standard InChI is InChI=1S/C74H76N4/c1-43(2)47-27-31-51(32-28-47)75(53-21-15-19-49(39-53)45(5)6)63-37-35-55-59-41-66-60(42-65(59)77-69-57(67(63)71(55)77)23-17-25-61(69)73(9,10)11)56-36-38-64(68-58-24-18-26-62(74(12,13)14)70(58)78(66)72(56)68)76(52-33-29-48(30-34-52)44(3)4)54-22-16-20-50(40-54)46(7)8/h15-21,23-46,54H,22H2,1-14H3. The van der Waals surface area contributed by atoms with E-state index in [-0.39, 0.29) is 16.9 Å². The maximum atomic E-state index is 2.68. The van der Waals surface area contributed by atoms with Crippen LogP contribution in [0.15, 0.2) is 169 Å². The third kappa shape index (κ3) is 7.60. The first-order chi connectivity index (χ1) is 37.3. The summed E-state index contributed by atoms with van der Waals surface area (Å²) in [6.07, 6.45) is 8.23. The van der Waals surface area contributed by atoms with Crippen molar-refractivity contribution in [3.05, 3.63) is 197 Å². The zero-order valence-electron chi connectivity index (χ0n) is 48.5. The summed E-state index contributed by atoms with van der Waals surface area (Å²) in [6.45, 7) is 32.7. The minimum absolute atomic E-state index is 0.110. The van der Waals surface area contributed by atoms with Crippen LogP contribution in [-0.2, 0) is 10.8 Å². The molecule has 13 rings (SSSR count). The minimum atomic E-state index is -0.117. The Morgan fingerprint density at radius 2 is 0.910 bits per heavy atom. The molecule has 78 heavy (non-hydrogen) atoms. The monoisotopic (exact) mass is 1020 g/mol. The van der Waals surface area contributed by atoms with Crippen LogP contribution in [-0.4, -0.2) is 14.8 Å². The molecule has 392 valence electrons. The van der Waals surface area contributed by atoms with E-state index in [2.05, 4.69) is 279 Å². The van der Waals surface area contributed by atoms with Gasteiger partial charge in [-0.05, 0) is 135 Å². The van der Waals surface area contributed by atoms with Gasteiger partial charge in [0.25, 0.3) is 0 Å². The lowest BCUT2D eigenvalue weighted by Crippen LogP contribution is -2.31. The normalized spacial score (nSPS) is 14.8. The van der Waals surface area contributed by atoms with Crippen molar-refractivity contribution in [1.82, 2.24) is 8.80 Å². The maximum Gasteiger partial charge on any atom is 0.0641 e. The fraction of sp³-hybridized carbons (Fsp3) is 0.297. The van der Waals surface area contributed by atoms with Gasteiger partial charge in [0, 0.05) is 60.2 Å². The molecule has 4 aromatic heterocycles. The van der Waals surface area contributed by atoms with E-state index >= 15 is 0 Å². The van der Waals surface area contributed by atoms with Gasteiger partial charge < -0.3 is 18.6 Å². The summed E-state index contributed by atoms with van der Waals surface area (Å²) < 4.78 is 5.35. The summed E-state index contributed by atoms with van der Waals surface area (Å²) in [5, 5.41) is 10.4. The van der Waals surface area contributed by atoms with E-state index < -0.39 is 0 Å². The number of para-hydroxylation sites is 2. The van der Waals surface area contributed by atoms with E-state index in [1.165, 1.54) is 132 Å². The topological polar surface area (TPSA) is 15.3 Å². The van der Waals surface area contributed by atoms with Gasteiger partial charge in [0.15, 0.2) is 0 Å². The van der Waals surface area contributed by atoms with Crippen molar-refractivity contribution in [2.75, 3.05) is 9.80 Å². The summed E-state index contributed by atoms with van der Waals surface area (Å²) >= 11 is 0. The molecular formula is C74H76N4. The van der Waals surface area contributed by atoms with Crippen LogP contribution < -0.4 is 9.80 Å². The summed E-state index contributed by atoms with van der Waals surface area (Å²) in [6, 6.07) is 57.2. The largest absolute Gasteiger partial charge is 0.334 e. The number of allylic oxidation sites excluding steroid dienone is 2. The fourth-order valence-electron chi connectivity index (χ4n) is 13.5. The zero-order chi connectivity index (χ0) is 54.4. The number of aromatic nitrogens is 2. The average molecular weight is 1020 g/mol. The van der Waals surface area contributed by atoms with E-state index in [0.29, 0.717) is 23.7 Å². The molecule has 1 aliphatic carbocycles. The smallest absolute Gasteiger partial charge is 0.0641 e. The third-order valence-corrected chi connectivity index (χ3v) is 17.6. The fourth-order valence-corrected chi connectivity index (χ4v) is 13.5. The quantitative estimate of drug-likeness (QED) is 0.136. The van der Waals surface area contributed by atoms with Crippen LogP contribution in [0.1, 0.15) is 149 Å². The van der Waals surface area contributed by atoms with Crippen molar-refractivity contribution in [1.29, 1.82) is 0 Å². The highest BCUT2D eigenvalue weighted by Gasteiger charge is 2.33. The van der Waals surface area contributed by atoms with Crippen molar-refractivity contribution in [3.63, 3.8) is 0 Å². The SMILES string of the molecule is CC(C)C1=CC(N(c2ccc(C(C)C)cc2)c2ccc3c4cc5c(cc4n4c6c(C(C)(C)C)cccc6c2c34)c2ccc(N(c3ccc(C(C)C)cc3)c3cccc(C(C)C)c3)c3c4cccc(C(C)(C)C)c4n5c23)CC=C1. The molecule has 0 radical (unpaired) electrons. The number of hydrogen-bond donors (Lipinski definition) is 0. The number of anilines is 5. The highest BCUT2D eigenvalue weighted by atomic mass is 15.2. The second-order valence-electron chi connectivity index (χ2n) is 26.1. The molecule has 1 unspecified atom stereocenters. The predicted octanol–water partition coefficient (Wildman–Crippen LogP) is 21.5. The Labute approximate surface area is 462 Å². The van der Waals surface area contributed by atoms with Crippen molar-refractivity contribution >= 4 is 105 Å². The molecule has 4 heteroatoms. The van der Waals surface area contributed by atoms with E-state index in [9.17, 15) is 0 Å². The lowest BCUT2D eigenvalue weighted by atomic mass is 9.85. The van der Waals surface area contributed by atoms with Gasteiger partial charge in [-0.2, -0.15) is 0 Å². The Hall–Kier alpha value is -7.56. The molecule has 12 aromatic rings. The van der Waals surface area contributed by atoms with Crippen molar-refractivity contribution in [2.45, 2.75) is 138 Å². The molecule has 0 N–H and O–H groups in total. The Morgan fingerprint density at radius 3 is 1.41 bits per heavy atom. The number of hydrogen-bond acceptors (Lipinski definition) is 2. The Kier molecular flexibility index (Phi) is 11.5. The molecule has 0 bridgehead atoms. The van der Waals surface area contributed by atoms with E-state index in [4.69, 9.17) is 0 Å². The highest BCUT2D eigenvalue weighted by Crippen LogP contribution is 2.53. The second-order valence-corrected chi connectivity index (χ2v) is 26.1. The molecule has 0 saturated carbocycles. The second kappa shape index (κ2) is 18.0. The van der Waals surface area contributed by atoms with Crippen LogP contribution in [0, 0.1) is 5.92 Å². The van der Waals surface area contributed by atoms with E-state index in [0.717, 1.165) is 12.1 Å². The summed E-state index contributed by atoms with van der Waals surface area (Å²) in [5.74, 6) is 1.73. The van der Waals surface area contributed by atoms with Crippen LogP contribution in [0.5, 0.6) is 0 Å². The van der Waals surface area contributed by atoms with E-state index in [1.54, 1.807) is 0 Å². The van der Waals surface area contributed by atoms with Crippen LogP contribution in [0.25, 0.3) is 76.2 Å². The molecule has 1 atom stereocenters. The maximum absolute atomic E-state index is 2.68. The van der Waals surface area contributed by atoms with Gasteiger partial charge in [0.05, 0.1) is 50.5 Å². The van der Waals surface area contributed by atoms with Gasteiger partial charge in [0.1, 0.15) is 0 Å². The number of rotatable bonds is 10. The number of fused-ring (bicyclic) bond motifs is 12. The van der Waals surface area contributed by atoms with Gasteiger partial charge in [-0.1, -0.05) is 200 Å². The van der Waals surface area contributed by atoms with Gasteiger partial charge in [0.2, 0.25) is 0 Å². The Balaban J connectivity index is 1.15. The Bertz CT molecular complexity index is 4360. The van der Waals surface area contributed by atoms with Crippen molar-refractivity contribution < 1.29 is 0 Å². The molecule has 0 spiro atoms. The molecule has 1 aliphatic rings. The van der Waals surface area contributed by atoms with Crippen LogP contribution in [0.2, 0.25) is 0 Å². The molecule has 8 aromatic carbocycles. The van der Waals surface area contributed by atoms with Crippen LogP contribution in [0.3, 0.4) is 0 Å². The Morgan fingerprint density at radius 1 is 0.423 bits per heavy atom. The van der Waals surface area contributed by atoms with Gasteiger partial charge in [-0.15, -0.1) is 0 Å². The van der Waals surface area contributed by atoms with Crippen molar-refractivity contribution in [3.8, 4) is 0 Å². The minimum Gasteiger partial charge on any atom is -0.334 e. The summed E-state index contributed by atoms with van der Waals surface area (Å²) in [4.78, 5) is 5.19. The first-order valence-corrected chi connectivity index (χ1v) is 29.0. The van der Waals surface area contributed by atoms with Crippen molar-refractivity contribution in [2.24, 2.45) is 5.92 Å². The molecule has 0 amide bonds. The molecular weight excluding hydrogens is 945 g/mol. The number of nitrogens with zero attached hydrogens (tertiary/aromatic N) is 4. The first kappa shape index (κ1) is 50.0. The molecule has 0 aliphatic heterocycles. The molecule has 4 nitrogen and oxygen atoms in total. The molecule has 0 saturated heterocycles. The highest BCUT2D eigenvalue weighted by molar-refractivity contribution is 6.32. The molecule has 4 heterocycles. The predicted molar refractivity (Wildman–Crippen MR) is 339 cm³/mol. The van der Waals surface area contributed by atoms with E-state index in [1.807, 2.05) is 0 Å². The lowest BCUT2D eigenvalue weighted by molar-refractivity contribution is 0.594. The first-order valence-electron chi connectivity index (χ1n) is 29.0. The van der Waals surface area contributed by atoms with Gasteiger partial charge >= 0.3 is 0 Å². The molecule has 0 fully saturated rings. The van der Waals surface area contributed by atoms with Crippen LogP contribution >= 0.6 is 0 Å². The van der Waals surface area contributed by atoms with Gasteiger partial charge in [-0.3, -0.25) is 0 Å². The number of benzene rings is 8. The summed E-state index contributed by atoms with van der Waals surface area (Å²) in [5.41, 5.74) is 21.6. The lowest BCUT2D eigenvalue weighted by Gasteiger charge is -2.35. The summed E-state index contributed by atoms with van der Waals surface area (Å²) in [7, 11) is 0. The third-order valence-electron chi connectivity index (χ3n) is 17.6. The average Bonchev–Trinajstić information content (AvgIpc) is 4.24. The van der Waals surface area contributed by atoms with Crippen LogP contribution in [0.4, 0.5) is 28.4 Å².